The van der Waals surface area contributed by atoms with Gasteiger partial charge in [0.1, 0.15) is 11.5 Å². The predicted molar refractivity (Wildman–Crippen MR) is 120 cm³/mol. The Bertz CT molecular complexity index is 1060. The molecule has 2 aromatic carbocycles. The largest absolute Gasteiger partial charge is 0.497 e. The van der Waals surface area contributed by atoms with Gasteiger partial charge in [-0.2, -0.15) is 4.31 Å². The SMILES string of the molecule is COc1cc(NC(=O)C2CCN(S(=O)(=O)c3ccc(NC(C)=O)cc3)CC2)cc(OC)c1. The number of anilines is 2. The van der Waals surface area contributed by atoms with Crippen molar-refractivity contribution in [1.29, 1.82) is 0 Å². The average molecular weight is 462 g/mol. The first-order valence-electron chi connectivity index (χ1n) is 10.1. The molecule has 1 heterocycles. The lowest BCUT2D eigenvalue weighted by Gasteiger charge is -2.30. The van der Waals surface area contributed by atoms with E-state index in [2.05, 4.69) is 10.6 Å². The van der Waals surface area contributed by atoms with Gasteiger partial charge in [0.25, 0.3) is 0 Å². The van der Waals surface area contributed by atoms with E-state index in [4.69, 9.17) is 9.47 Å². The molecular formula is C22H27N3O6S. The number of hydrogen-bond acceptors (Lipinski definition) is 6. The van der Waals surface area contributed by atoms with Gasteiger partial charge < -0.3 is 20.1 Å². The second kappa shape index (κ2) is 10.0. The highest BCUT2D eigenvalue weighted by Gasteiger charge is 2.32. The summed E-state index contributed by atoms with van der Waals surface area (Å²) < 4.78 is 37.7. The number of nitrogens with zero attached hydrogens (tertiary/aromatic N) is 1. The molecule has 1 aliphatic heterocycles. The Morgan fingerprint density at radius 1 is 0.906 bits per heavy atom. The van der Waals surface area contributed by atoms with E-state index < -0.39 is 10.0 Å². The van der Waals surface area contributed by atoms with Gasteiger partial charge in [-0.25, -0.2) is 8.42 Å². The van der Waals surface area contributed by atoms with E-state index in [1.165, 1.54) is 37.6 Å². The van der Waals surface area contributed by atoms with Gasteiger partial charge in [-0.1, -0.05) is 0 Å². The Morgan fingerprint density at radius 2 is 1.47 bits per heavy atom. The number of rotatable bonds is 7. The second-order valence-corrected chi connectivity index (χ2v) is 9.41. The maximum absolute atomic E-state index is 12.9. The van der Waals surface area contributed by atoms with Crippen molar-refractivity contribution < 1.29 is 27.5 Å². The zero-order chi connectivity index (χ0) is 23.3. The lowest BCUT2D eigenvalue weighted by molar-refractivity contribution is -0.121. The fraction of sp³-hybridized carbons (Fsp3) is 0.364. The third-order valence-electron chi connectivity index (χ3n) is 5.26. The number of amides is 2. The summed E-state index contributed by atoms with van der Waals surface area (Å²) in [5.41, 5.74) is 1.08. The summed E-state index contributed by atoms with van der Waals surface area (Å²) in [6.07, 6.45) is 0.826. The first-order chi connectivity index (χ1) is 15.2. The quantitative estimate of drug-likeness (QED) is 0.655. The summed E-state index contributed by atoms with van der Waals surface area (Å²) >= 11 is 0. The topological polar surface area (TPSA) is 114 Å². The van der Waals surface area contributed by atoms with E-state index in [0.717, 1.165) is 0 Å². The molecule has 0 spiro atoms. The molecule has 1 fully saturated rings. The summed E-state index contributed by atoms with van der Waals surface area (Å²) in [4.78, 5) is 24.0. The van der Waals surface area contributed by atoms with Gasteiger partial charge in [0, 0.05) is 55.5 Å². The Hall–Kier alpha value is -3.11. The number of methoxy groups -OCH3 is 2. The van der Waals surface area contributed by atoms with Crippen LogP contribution in [-0.2, 0) is 19.6 Å². The molecule has 0 saturated carbocycles. The van der Waals surface area contributed by atoms with Crippen LogP contribution in [0.3, 0.4) is 0 Å². The number of carbonyl (C=O) groups excluding carboxylic acids is 2. The number of benzene rings is 2. The number of hydrogen-bond donors (Lipinski definition) is 2. The summed E-state index contributed by atoms with van der Waals surface area (Å²) in [5, 5.41) is 5.47. The molecule has 2 aromatic rings. The Labute approximate surface area is 187 Å². The minimum absolute atomic E-state index is 0.151. The van der Waals surface area contributed by atoms with Crippen molar-refractivity contribution in [3.63, 3.8) is 0 Å². The Kier molecular flexibility index (Phi) is 7.37. The molecule has 10 heteroatoms. The van der Waals surface area contributed by atoms with Crippen molar-refractivity contribution in [3.05, 3.63) is 42.5 Å². The van der Waals surface area contributed by atoms with Crippen LogP contribution in [0.1, 0.15) is 19.8 Å². The van der Waals surface area contributed by atoms with Gasteiger partial charge in [-0.15, -0.1) is 0 Å². The first kappa shape index (κ1) is 23.6. The predicted octanol–water partition coefficient (Wildman–Crippen LogP) is 2.70. The number of nitrogens with one attached hydrogen (secondary N) is 2. The van der Waals surface area contributed by atoms with Crippen LogP contribution in [0, 0.1) is 5.92 Å². The van der Waals surface area contributed by atoms with Crippen molar-refractivity contribution >= 4 is 33.2 Å². The van der Waals surface area contributed by atoms with Gasteiger partial charge in [-0.05, 0) is 37.1 Å². The van der Waals surface area contributed by atoms with Crippen molar-refractivity contribution in [2.24, 2.45) is 5.92 Å². The lowest BCUT2D eigenvalue weighted by Crippen LogP contribution is -2.41. The van der Waals surface area contributed by atoms with Crippen LogP contribution in [-0.4, -0.2) is 51.8 Å². The minimum Gasteiger partial charge on any atom is -0.497 e. The van der Waals surface area contributed by atoms with E-state index >= 15 is 0 Å². The van der Waals surface area contributed by atoms with E-state index in [1.807, 2.05) is 0 Å². The van der Waals surface area contributed by atoms with Crippen LogP contribution in [0.15, 0.2) is 47.4 Å². The number of sulfonamides is 1. The summed E-state index contributed by atoms with van der Waals surface area (Å²) in [5.74, 6) is 0.418. The monoisotopic (exact) mass is 461 g/mol. The normalized spacial score (nSPS) is 15.1. The first-order valence-corrected chi connectivity index (χ1v) is 11.6. The van der Waals surface area contributed by atoms with Crippen LogP contribution in [0.2, 0.25) is 0 Å². The molecule has 0 aliphatic carbocycles. The molecule has 0 atom stereocenters. The van der Waals surface area contributed by atoms with Gasteiger partial charge >= 0.3 is 0 Å². The molecule has 1 aliphatic rings. The van der Waals surface area contributed by atoms with Crippen LogP contribution in [0.4, 0.5) is 11.4 Å². The molecule has 0 unspecified atom stereocenters. The number of carbonyl (C=O) groups is 2. The highest BCUT2D eigenvalue weighted by Crippen LogP contribution is 2.28. The molecule has 172 valence electrons. The van der Waals surface area contributed by atoms with Gasteiger partial charge in [0.05, 0.1) is 19.1 Å². The fourth-order valence-corrected chi connectivity index (χ4v) is 5.01. The van der Waals surface area contributed by atoms with Gasteiger partial charge in [0.2, 0.25) is 21.8 Å². The van der Waals surface area contributed by atoms with Crippen LogP contribution >= 0.6 is 0 Å². The summed E-state index contributed by atoms with van der Waals surface area (Å²) in [6, 6.07) is 11.1. The van der Waals surface area contributed by atoms with Gasteiger partial charge in [-0.3, -0.25) is 9.59 Å². The lowest BCUT2D eigenvalue weighted by atomic mass is 9.97. The van der Waals surface area contributed by atoms with E-state index in [1.54, 1.807) is 30.3 Å². The average Bonchev–Trinajstić information content (AvgIpc) is 2.78. The van der Waals surface area contributed by atoms with Gasteiger partial charge in [0.15, 0.2) is 0 Å². The molecule has 0 radical (unpaired) electrons. The Morgan fingerprint density at radius 3 is 1.97 bits per heavy atom. The highest BCUT2D eigenvalue weighted by atomic mass is 32.2. The maximum atomic E-state index is 12.9. The molecule has 32 heavy (non-hydrogen) atoms. The molecular weight excluding hydrogens is 434 g/mol. The molecule has 2 N–H and O–H groups in total. The number of ether oxygens (including phenoxy) is 2. The Balaban J connectivity index is 1.61. The van der Waals surface area contributed by atoms with E-state index in [-0.39, 0.29) is 35.7 Å². The highest BCUT2D eigenvalue weighted by molar-refractivity contribution is 7.89. The van der Waals surface area contributed by atoms with E-state index in [9.17, 15) is 18.0 Å². The smallest absolute Gasteiger partial charge is 0.243 e. The molecule has 1 saturated heterocycles. The zero-order valence-electron chi connectivity index (χ0n) is 18.3. The summed E-state index contributed by atoms with van der Waals surface area (Å²) in [7, 11) is -0.614. The molecule has 0 aromatic heterocycles. The molecule has 9 nitrogen and oxygen atoms in total. The van der Waals surface area contributed by atoms with E-state index in [0.29, 0.717) is 35.7 Å². The maximum Gasteiger partial charge on any atom is 0.243 e. The molecule has 0 bridgehead atoms. The zero-order valence-corrected chi connectivity index (χ0v) is 19.1. The van der Waals surface area contributed by atoms with Crippen LogP contribution in [0.25, 0.3) is 0 Å². The van der Waals surface area contributed by atoms with Crippen LogP contribution < -0.4 is 20.1 Å². The third-order valence-corrected chi connectivity index (χ3v) is 7.17. The van der Waals surface area contributed by atoms with Crippen molar-refractivity contribution in [1.82, 2.24) is 4.31 Å². The van der Waals surface area contributed by atoms with Crippen molar-refractivity contribution in [2.75, 3.05) is 37.9 Å². The third kappa shape index (κ3) is 5.57. The van der Waals surface area contributed by atoms with Crippen LogP contribution in [0.5, 0.6) is 11.5 Å². The molecule has 2 amide bonds. The number of piperidine rings is 1. The fourth-order valence-electron chi connectivity index (χ4n) is 3.54. The standard InChI is InChI=1S/C22H27N3O6S/c1-15(26)23-17-4-6-21(7-5-17)32(28,29)25-10-8-16(9-11-25)22(27)24-18-12-19(30-2)14-20(13-18)31-3/h4-7,12-14,16H,8-11H2,1-3H3,(H,23,26)(H,24,27). The molecule has 3 rings (SSSR count). The second-order valence-electron chi connectivity index (χ2n) is 7.47. The van der Waals surface area contributed by atoms with Crippen molar-refractivity contribution in [3.8, 4) is 11.5 Å². The van der Waals surface area contributed by atoms with Crippen molar-refractivity contribution in [2.45, 2.75) is 24.7 Å². The summed E-state index contributed by atoms with van der Waals surface area (Å²) in [6.45, 7) is 1.88. The minimum atomic E-state index is -3.68.